The first-order valence-electron chi connectivity index (χ1n) is 13.4. The van der Waals surface area contributed by atoms with E-state index in [4.69, 9.17) is 18.9 Å². The predicted octanol–water partition coefficient (Wildman–Crippen LogP) is 3.75. The van der Waals surface area contributed by atoms with Crippen molar-refractivity contribution >= 4 is 18.0 Å². The van der Waals surface area contributed by atoms with Crippen molar-refractivity contribution in [1.82, 2.24) is 9.55 Å². The van der Waals surface area contributed by atoms with Gasteiger partial charge in [-0.05, 0) is 56.3 Å². The van der Waals surface area contributed by atoms with Crippen LogP contribution in [0.1, 0.15) is 46.7 Å². The average molecular weight is 541 g/mol. The number of aliphatic hydroxyl groups is 1. The first-order chi connectivity index (χ1) is 18.3. The molecule has 1 aromatic heterocycles. The van der Waals surface area contributed by atoms with Crippen molar-refractivity contribution in [3.05, 3.63) is 60.2 Å². The van der Waals surface area contributed by atoms with Crippen LogP contribution in [-0.4, -0.2) is 63.4 Å². The van der Waals surface area contributed by atoms with Crippen LogP contribution in [-0.2, 0) is 35.6 Å². The van der Waals surface area contributed by atoms with E-state index < -0.39 is 35.0 Å². The van der Waals surface area contributed by atoms with Crippen LogP contribution in [0.25, 0.3) is 6.08 Å². The molecule has 0 saturated heterocycles. The van der Waals surface area contributed by atoms with Gasteiger partial charge in [-0.2, -0.15) is 0 Å². The molecule has 4 rings (SSSR count). The molecule has 0 amide bonds. The average Bonchev–Trinajstić information content (AvgIpc) is 3.45. The Labute approximate surface area is 230 Å². The number of aromatic nitrogens is 2. The SMILES string of the molecule is CO[C@]12C=C[C@](C)(O1)[C@@H](OC(=O)C=Cc1cn(C)cn1)C[C@@H]1C(C=C2COC(C)=O)[C@@H](C(C)C)C=C[C@]1(C)O. The minimum atomic E-state index is -1.33. The number of esters is 2. The van der Waals surface area contributed by atoms with E-state index in [2.05, 4.69) is 24.9 Å². The second-order valence-corrected chi connectivity index (χ2v) is 11.5. The lowest BCUT2D eigenvalue weighted by Crippen LogP contribution is -2.50. The van der Waals surface area contributed by atoms with Crippen LogP contribution in [0.3, 0.4) is 0 Å². The fourth-order valence-corrected chi connectivity index (χ4v) is 5.92. The lowest BCUT2D eigenvalue weighted by Gasteiger charge is -2.45. The van der Waals surface area contributed by atoms with Crippen LogP contribution in [0.5, 0.6) is 0 Å². The Hall–Kier alpha value is -3.01. The summed E-state index contributed by atoms with van der Waals surface area (Å²) in [6.07, 6.45) is 15.5. The molecule has 2 aliphatic heterocycles. The summed E-state index contributed by atoms with van der Waals surface area (Å²) in [5, 5.41) is 11.6. The van der Waals surface area contributed by atoms with Crippen molar-refractivity contribution in [3.8, 4) is 0 Å². The van der Waals surface area contributed by atoms with E-state index >= 15 is 0 Å². The molecule has 212 valence electrons. The lowest BCUT2D eigenvalue weighted by molar-refractivity contribution is -0.229. The maximum Gasteiger partial charge on any atom is 0.331 e. The maximum atomic E-state index is 13.1. The minimum Gasteiger partial charge on any atom is -0.461 e. The monoisotopic (exact) mass is 540 g/mol. The number of hydrogen-bond acceptors (Lipinski definition) is 8. The van der Waals surface area contributed by atoms with Gasteiger partial charge in [-0.1, -0.05) is 32.1 Å². The summed E-state index contributed by atoms with van der Waals surface area (Å²) in [5.74, 6) is -2.48. The highest BCUT2D eigenvalue weighted by Crippen LogP contribution is 2.50. The third kappa shape index (κ3) is 5.95. The number of allylic oxidation sites excluding steroid dienone is 2. The summed E-state index contributed by atoms with van der Waals surface area (Å²) < 4.78 is 25.8. The number of imidazole rings is 1. The molecule has 0 radical (unpaired) electrons. The fourth-order valence-electron chi connectivity index (χ4n) is 5.92. The van der Waals surface area contributed by atoms with E-state index in [1.807, 2.05) is 32.2 Å². The summed E-state index contributed by atoms with van der Waals surface area (Å²) in [4.78, 5) is 29.1. The van der Waals surface area contributed by atoms with Gasteiger partial charge in [-0.15, -0.1) is 0 Å². The van der Waals surface area contributed by atoms with E-state index in [1.54, 1.807) is 36.2 Å². The Morgan fingerprint density at radius 2 is 2.03 bits per heavy atom. The van der Waals surface area contributed by atoms with Crippen molar-refractivity contribution in [2.75, 3.05) is 13.7 Å². The van der Waals surface area contributed by atoms with Gasteiger partial charge in [-0.25, -0.2) is 9.78 Å². The molecular formula is C30H40N2O7. The van der Waals surface area contributed by atoms with Gasteiger partial charge in [0, 0.05) is 44.8 Å². The van der Waals surface area contributed by atoms with Gasteiger partial charge in [0.05, 0.1) is 17.6 Å². The molecular weight excluding hydrogens is 500 g/mol. The topological polar surface area (TPSA) is 109 Å². The first-order valence-corrected chi connectivity index (χ1v) is 13.4. The summed E-state index contributed by atoms with van der Waals surface area (Å²) in [6.45, 7) is 9.19. The zero-order chi connectivity index (χ0) is 28.6. The molecule has 1 aliphatic carbocycles. The smallest absolute Gasteiger partial charge is 0.331 e. The van der Waals surface area contributed by atoms with E-state index in [-0.39, 0.29) is 30.3 Å². The molecule has 39 heavy (non-hydrogen) atoms. The van der Waals surface area contributed by atoms with Gasteiger partial charge >= 0.3 is 11.9 Å². The van der Waals surface area contributed by atoms with Crippen molar-refractivity contribution < 1.29 is 33.6 Å². The zero-order valence-electron chi connectivity index (χ0n) is 23.8. The zero-order valence-corrected chi connectivity index (χ0v) is 23.8. The minimum absolute atomic E-state index is 0.0409. The Morgan fingerprint density at radius 3 is 2.64 bits per heavy atom. The number of carbonyl (C=O) groups is 2. The molecule has 3 heterocycles. The van der Waals surface area contributed by atoms with Crippen molar-refractivity contribution in [1.29, 1.82) is 0 Å². The van der Waals surface area contributed by atoms with Gasteiger partial charge in [0.1, 0.15) is 18.3 Å². The molecule has 2 bridgehead atoms. The van der Waals surface area contributed by atoms with E-state index in [0.717, 1.165) is 0 Å². The maximum absolute atomic E-state index is 13.1. The Bertz CT molecular complexity index is 1210. The molecule has 7 atom stereocenters. The first kappa shape index (κ1) is 29.0. The summed E-state index contributed by atoms with van der Waals surface area (Å²) in [5.41, 5.74) is -1.02. The lowest BCUT2D eigenvalue weighted by atomic mass is 9.63. The second-order valence-electron chi connectivity index (χ2n) is 11.5. The standard InChI is InChI=1S/C30H40N2O7/c1-19(2)23-10-11-28(4,35)25-15-26(38-27(34)9-8-22-16-32(6)18-31-22)29(5)12-13-30(36-7,39-29)21(14-24(23)25)17-37-20(3)33/h8-14,16,18-19,23-26,35H,15,17H2,1-7H3/t23-,24?,25-,26+,28+,29+,30-/m1/s1. The number of nitrogens with zero attached hydrogens (tertiary/aromatic N) is 2. The Balaban J connectivity index is 1.77. The number of aryl methyl sites for hydroxylation is 1. The molecule has 9 heteroatoms. The molecule has 0 aromatic carbocycles. The number of rotatable bonds is 7. The second kappa shape index (κ2) is 10.9. The van der Waals surface area contributed by atoms with Gasteiger partial charge < -0.3 is 28.6 Å². The van der Waals surface area contributed by atoms with Crippen molar-refractivity contribution in [3.63, 3.8) is 0 Å². The van der Waals surface area contributed by atoms with Crippen LogP contribution in [0.15, 0.2) is 54.6 Å². The van der Waals surface area contributed by atoms with Crippen LogP contribution in [0, 0.1) is 23.7 Å². The summed E-state index contributed by atoms with van der Waals surface area (Å²) >= 11 is 0. The Kier molecular flexibility index (Phi) is 8.08. The van der Waals surface area contributed by atoms with Gasteiger partial charge in [0.2, 0.25) is 5.79 Å². The Morgan fingerprint density at radius 1 is 1.28 bits per heavy atom. The predicted molar refractivity (Wildman–Crippen MR) is 145 cm³/mol. The highest BCUT2D eigenvalue weighted by atomic mass is 16.7. The molecule has 0 spiro atoms. The molecule has 1 N–H and O–H groups in total. The normalized spacial score (nSPS) is 35.8. The molecule has 3 aliphatic rings. The van der Waals surface area contributed by atoms with Crippen LogP contribution in [0.4, 0.5) is 0 Å². The fraction of sp³-hybridized carbons (Fsp3) is 0.567. The number of methoxy groups -OCH3 is 1. The largest absolute Gasteiger partial charge is 0.461 e. The third-order valence-corrected chi connectivity index (χ3v) is 8.15. The van der Waals surface area contributed by atoms with E-state index in [1.165, 1.54) is 20.1 Å². The van der Waals surface area contributed by atoms with Crippen molar-refractivity contribution in [2.45, 2.75) is 64.1 Å². The molecule has 9 nitrogen and oxygen atoms in total. The van der Waals surface area contributed by atoms with Crippen molar-refractivity contribution in [2.24, 2.45) is 30.7 Å². The number of ether oxygens (including phenoxy) is 4. The number of fused-ring (bicyclic) bond motifs is 3. The molecule has 0 fully saturated rings. The number of carbonyl (C=O) groups excluding carboxylic acids is 2. The molecule has 0 saturated carbocycles. The molecule has 1 aromatic rings. The van der Waals surface area contributed by atoms with Crippen LogP contribution in [0.2, 0.25) is 0 Å². The summed E-state index contributed by atoms with van der Waals surface area (Å²) in [6, 6.07) is 0. The summed E-state index contributed by atoms with van der Waals surface area (Å²) in [7, 11) is 3.38. The van der Waals surface area contributed by atoms with Gasteiger partial charge in [0.15, 0.2) is 0 Å². The van der Waals surface area contributed by atoms with Gasteiger partial charge in [0.25, 0.3) is 0 Å². The molecule has 1 unspecified atom stereocenters. The van der Waals surface area contributed by atoms with Crippen LogP contribution >= 0.6 is 0 Å². The number of hydrogen-bond donors (Lipinski definition) is 1. The van der Waals surface area contributed by atoms with Gasteiger partial charge in [-0.3, -0.25) is 4.79 Å². The van der Waals surface area contributed by atoms with E-state index in [9.17, 15) is 14.7 Å². The highest BCUT2D eigenvalue weighted by molar-refractivity contribution is 5.86. The third-order valence-electron chi connectivity index (χ3n) is 8.15. The quantitative estimate of drug-likeness (QED) is 0.316. The van der Waals surface area contributed by atoms with Crippen LogP contribution < -0.4 is 0 Å². The van der Waals surface area contributed by atoms with E-state index in [0.29, 0.717) is 17.7 Å². The highest BCUT2D eigenvalue weighted by Gasteiger charge is 2.55.